The van der Waals surface area contributed by atoms with Crippen molar-refractivity contribution in [3.63, 3.8) is 0 Å². The highest BCUT2D eigenvalue weighted by atomic mass is 32.2. The fourth-order valence-corrected chi connectivity index (χ4v) is 3.86. The predicted molar refractivity (Wildman–Crippen MR) is 104 cm³/mol. The Bertz CT molecular complexity index is 770. The van der Waals surface area contributed by atoms with Gasteiger partial charge in [-0.25, -0.2) is 14.8 Å². The van der Waals surface area contributed by atoms with Crippen LogP contribution in [0.4, 0.5) is 5.13 Å². The van der Waals surface area contributed by atoms with Gasteiger partial charge in [-0.1, -0.05) is 36.4 Å². The van der Waals surface area contributed by atoms with Crippen molar-refractivity contribution in [2.45, 2.75) is 52.1 Å². The van der Waals surface area contributed by atoms with Gasteiger partial charge in [-0.15, -0.1) is 0 Å². The lowest BCUT2D eigenvalue weighted by atomic mass is 10.2. The third-order valence-corrected chi connectivity index (χ3v) is 5.50. The van der Waals surface area contributed by atoms with Gasteiger partial charge < -0.3 is 15.0 Å². The summed E-state index contributed by atoms with van der Waals surface area (Å²) >= 11 is 2.47. The lowest BCUT2D eigenvalue weighted by molar-refractivity contribution is -0.113. The molecule has 26 heavy (non-hydrogen) atoms. The number of rotatable bonds is 9. The molecule has 0 aliphatic heterocycles. The van der Waals surface area contributed by atoms with Gasteiger partial charge in [-0.3, -0.25) is 4.79 Å². The highest BCUT2D eigenvalue weighted by Crippen LogP contribution is 2.24. The molecule has 142 valence electrons. The summed E-state index contributed by atoms with van der Waals surface area (Å²) in [5.74, 6) is -0.389. The van der Waals surface area contributed by atoms with E-state index in [1.165, 1.54) is 11.8 Å². The quantitative estimate of drug-likeness (QED) is 0.495. The molecule has 0 aliphatic rings. The van der Waals surface area contributed by atoms with Crippen LogP contribution in [0, 0.1) is 13.8 Å². The normalized spacial score (nSPS) is 10.8. The highest BCUT2D eigenvalue weighted by Gasteiger charge is 2.18. The Morgan fingerprint density at radius 1 is 1.27 bits per heavy atom. The maximum Gasteiger partial charge on any atom is 0.350 e. The molecule has 0 fully saturated rings. The summed E-state index contributed by atoms with van der Waals surface area (Å²) in [5, 5.41) is 3.86. The van der Waals surface area contributed by atoms with E-state index in [9.17, 15) is 9.59 Å². The first-order chi connectivity index (χ1) is 12.4. The first kappa shape index (κ1) is 20.4. The van der Waals surface area contributed by atoms with Crippen LogP contribution in [-0.4, -0.2) is 39.2 Å². The summed E-state index contributed by atoms with van der Waals surface area (Å²) < 4.78 is 4.98. The lowest BCUT2D eigenvalue weighted by Crippen LogP contribution is -2.13. The van der Waals surface area contributed by atoms with Crippen molar-refractivity contribution in [2.75, 3.05) is 17.7 Å². The number of thioether (sulfide) groups is 1. The number of imidazole rings is 1. The number of hydrogen-bond acceptors (Lipinski definition) is 7. The van der Waals surface area contributed by atoms with Crippen LogP contribution in [0.5, 0.6) is 0 Å². The zero-order valence-electron chi connectivity index (χ0n) is 15.5. The molecule has 2 aromatic heterocycles. The van der Waals surface area contributed by atoms with Crippen LogP contribution in [0.3, 0.4) is 0 Å². The molecule has 0 saturated heterocycles. The monoisotopic (exact) mass is 396 g/mol. The second-order valence-corrected chi connectivity index (χ2v) is 7.67. The molecule has 0 saturated carbocycles. The van der Waals surface area contributed by atoms with Crippen LogP contribution in [0.1, 0.15) is 53.4 Å². The number of aromatic amines is 1. The molecule has 0 radical (unpaired) electrons. The van der Waals surface area contributed by atoms with Gasteiger partial charge in [0.2, 0.25) is 5.91 Å². The minimum absolute atomic E-state index is 0.191. The van der Waals surface area contributed by atoms with E-state index < -0.39 is 5.97 Å². The molecular formula is C17H24N4O3S2. The Labute approximate surface area is 161 Å². The van der Waals surface area contributed by atoms with Gasteiger partial charge >= 0.3 is 5.97 Å². The van der Waals surface area contributed by atoms with Crippen molar-refractivity contribution in [3.8, 4) is 0 Å². The summed E-state index contributed by atoms with van der Waals surface area (Å²) in [6, 6.07) is 0. The van der Waals surface area contributed by atoms with Gasteiger partial charge in [0.1, 0.15) is 4.88 Å². The van der Waals surface area contributed by atoms with Crippen LogP contribution in [0.2, 0.25) is 0 Å². The standard InChI is InChI=1S/C17H24N4O3S2/c1-5-7-8-12-10(3)18-16(20-12)25-9-13(22)21-17-19-11(4)14(26-17)15(23)24-6-2/h5-9H2,1-4H3,(H,18,20)(H,19,21,22). The number of hydrogen-bond donors (Lipinski definition) is 2. The smallest absolute Gasteiger partial charge is 0.350 e. The summed E-state index contributed by atoms with van der Waals surface area (Å²) in [5.41, 5.74) is 2.67. The van der Waals surface area contributed by atoms with Gasteiger partial charge in [0.15, 0.2) is 10.3 Å². The minimum Gasteiger partial charge on any atom is -0.462 e. The number of thiazole rings is 1. The Hall–Kier alpha value is -1.87. The van der Waals surface area contributed by atoms with E-state index in [1.807, 2.05) is 6.92 Å². The van der Waals surface area contributed by atoms with Gasteiger partial charge in [0.05, 0.1) is 23.7 Å². The zero-order valence-corrected chi connectivity index (χ0v) is 17.1. The van der Waals surface area contributed by atoms with E-state index in [-0.39, 0.29) is 11.7 Å². The van der Waals surface area contributed by atoms with Crippen LogP contribution in [0.25, 0.3) is 0 Å². The Morgan fingerprint density at radius 3 is 2.73 bits per heavy atom. The average Bonchev–Trinajstić information content (AvgIpc) is 3.13. The zero-order chi connectivity index (χ0) is 19.1. The fraction of sp³-hybridized carbons (Fsp3) is 0.529. The molecule has 0 unspecified atom stereocenters. The molecule has 9 heteroatoms. The highest BCUT2D eigenvalue weighted by molar-refractivity contribution is 7.99. The van der Waals surface area contributed by atoms with Gasteiger partial charge in [-0.2, -0.15) is 0 Å². The predicted octanol–water partition coefficient (Wildman–Crippen LogP) is 3.73. The number of anilines is 1. The van der Waals surface area contributed by atoms with E-state index in [2.05, 4.69) is 27.2 Å². The van der Waals surface area contributed by atoms with Crippen molar-refractivity contribution in [1.82, 2.24) is 15.0 Å². The minimum atomic E-state index is -0.414. The summed E-state index contributed by atoms with van der Waals surface area (Å²) in [6.45, 7) is 7.92. The number of esters is 1. The third-order valence-electron chi connectivity index (χ3n) is 3.57. The first-order valence-corrected chi connectivity index (χ1v) is 10.4. The number of carbonyl (C=O) groups is 2. The van der Waals surface area contributed by atoms with E-state index in [0.29, 0.717) is 22.3 Å². The maximum absolute atomic E-state index is 12.1. The largest absolute Gasteiger partial charge is 0.462 e. The Kier molecular flexibility index (Phi) is 7.65. The summed E-state index contributed by atoms with van der Waals surface area (Å²) in [4.78, 5) is 36.3. The SMILES string of the molecule is CCCCc1nc(SCC(=O)Nc2nc(C)c(C(=O)OCC)s2)[nH]c1C. The van der Waals surface area contributed by atoms with E-state index >= 15 is 0 Å². The number of aromatic nitrogens is 3. The molecule has 2 rings (SSSR count). The lowest BCUT2D eigenvalue weighted by Gasteiger charge is -2.00. The average molecular weight is 397 g/mol. The molecule has 0 aliphatic carbocycles. The molecule has 0 spiro atoms. The molecule has 2 aromatic rings. The Morgan fingerprint density at radius 2 is 2.04 bits per heavy atom. The summed E-state index contributed by atoms with van der Waals surface area (Å²) in [6.07, 6.45) is 3.17. The number of ether oxygens (including phenoxy) is 1. The van der Waals surface area contributed by atoms with Crippen molar-refractivity contribution in [3.05, 3.63) is 22.0 Å². The maximum atomic E-state index is 12.1. The topological polar surface area (TPSA) is 97.0 Å². The second-order valence-electron chi connectivity index (χ2n) is 5.71. The number of aryl methyl sites for hydroxylation is 3. The number of unbranched alkanes of at least 4 members (excludes halogenated alkanes) is 1. The van der Waals surface area contributed by atoms with Crippen molar-refractivity contribution in [1.29, 1.82) is 0 Å². The van der Waals surface area contributed by atoms with Gasteiger partial charge in [0, 0.05) is 5.69 Å². The molecule has 2 heterocycles. The number of amides is 1. The third kappa shape index (κ3) is 5.57. The summed E-state index contributed by atoms with van der Waals surface area (Å²) in [7, 11) is 0. The number of nitrogens with one attached hydrogen (secondary N) is 2. The molecule has 7 nitrogen and oxygen atoms in total. The van der Waals surface area contributed by atoms with Crippen molar-refractivity contribution in [2.24, 2.45) is 0 Å². The Balaban J connectivity index is 1.89. The molecular weight excluding hydrogens is 372 g/mol. The van der Waals surface area contributed by atoms with E-state index in [1.54, 1.807) is 13.8 Å². The van der Waals surface area contributed by atoms with Crippen LogP contribution < -0.4 is 5.32 Å². The van der Waals surface area contributed by atoms with Crippen molar-refractivity contribution >= 4 is 40.1 Å². The molecule has 1 amide bonds. The van der Waals surface area contributed by atoms with Gasteiger partial charge in [0.25, 0.3) is 0 Å². The molecule has 0 aromatic carbocycles. The second kappa shape index (κ2) is 9.72. The van der Waals surface area contributed by atoms with Crippen molar-refractivity contribution < 1.29 is 14.3 Å². The number of carbonyl (C=O) groups excluding carboxylic acids is 2. The number of nitrogens with zero attached hydrogens (tertiary/aromatic N) is 2. The van der Waals surface area contributed by atoms with Gasteiger partial charge in [-0.05, 0) is 33.6 Å². The van der Waals surface area contributed by atoms with Crippen LogP contribution in [-0.2, 0) is 16.0 Å². The van der Waals surface area contributed by atoms with E-state index in [4.69, 9.17) is 4.74 Å². The first-order valence-electron chi connectivity index (χ1n) is 8.57. The van der Waals surface area contributed by atoms with E-state index in [0.717, 1.165) is 47.1 Å². The van der Waals surface area contributed by atoms with Crippen LogP contribution >= 0.6 is 23.1 Å². The molecule has 0 bridgehead atoms. The molecule has 0 atom stereocenters. The fourth-order valence-electron chi connectivity index (χ4n) is 2.25. The molecule has 2 N–H and O–H groups in total. The number of H-pyrrole nitrogens is 1. The van der Waals surface area contributed by atoms with Crippen LogP contribution in [0.15, 0.2) is 5.16 Å².